The average Bonchev–Trinajstić information content (AvgIpc) is 3.34. The van der Waals surface area contributed by atoms with Gasteiger partial charge in [-0.1, -0.05) is 6.42 Å². The van der Waals surface area contributed by atoms with Crippen LogP contribution in [0.4, 0.5) is 4.79 Å². The quantitative estimate of drug-likeness (QED) is 0.639. The van der Waals surface area contributed by atoms with Gasteiger partial charge >= 0.3 is 6.03 Å². The fourth-order valence-electron chi connectivity index (χ4n) is 3.75. The van der Waals surface area contributed by atoms with E-state index in [1.807, 2.05) is 25.8 Å². The number of carbonyl (C=O) groups is 3. The van der Waals surface area contributed by atoms with Gasteiger partial charge in [0, 0.05) is 58.6 Å². The van der Waals surface area contributed by atoms with Crippen LogP contribution in [0.25, 0.3) is 0 Å². The van der Waals surface area contributed by atoms with E-state index >= 15 is 0 Å². The summed E-state index contributed by atoms with van der Waals surface area (Å²) >= 11 is 1.45. The summed E-state index contributed by atoms with van der Waals surface area (Å²) in [7, 11) is 3.30. The summed E-state index contributed by atoms with van der Waals surface area (Å²) in [5.74, 6) is -0.458. The Bertz CT molecular complexity index is 721. The van der Waals surface area contributed by atoms with Crippen molar-refractivity contribution in [1.82, 2.24) is 25.0 Å². The van der Waals surface area contributed by atoms with Crippen molar-refractivity contribution < 1.29 is 47.1 Å². The van der Waals surface area contributed by atoms with Crippen LogP contribution in [0.2, 0.25) is 0 Å². The van der Waals surface area contributed by atoms with Crippen LogP contribution in [0.1, 0.15) is 32.4 Å². The number of urea groups is 1. The first-order chi connectivity index (χ1) is 12.7. The number of likely N-dealkylation sites (N-methyl/N-ethyl adjacent to an activating group) is 2. The van der Waals surface area contributed by atoms with E-state index in [-0.39, 0.29) is 50.6 Å². The number of nitrogens with zero attached hydrogens (tertiary/aromatic N) is 4. The average molecular weight is 481 g/mol. The van der Waals surface area contributed by atoms with Crippen LogP contribution in [0.5, 0.6) is 0 Å². The minimum Gasteiger partial charge on any atom is -0.491 e. The van der Waals surface area contributed by atoms with Crippen molar-refractivity contribution in [3.63, 3.8) is 0 Å². The van der Waals surface area contributed by atoms with Gasteiger partial charge in [0.2, 0.25) is 11.8 Å². The molecule has 3 heterocycles. The first-order valence-electron chi connectivity index (χ1n) is 9.05. The zero-order valence-corrected chi connectivity index (χ0v) is 20.4. The van der Waals surface area contributed by atoms with Crippen LogP contribution in [-0.2, 0) is 48.7 Å². The molecule has 0 bridgehead atoms. The van der Waals surface area contributed by atoms with Crippen molar-refractivity contribution in [1.29, 1.82) is 0 Å². The molecule has 0 saturated carbocycles. The molecule has 2 saturated heterocycles. The molecule has 2 fully saturated rings. The molecule has 2 unspecified atom stereocenters. The second kappa shape index (κ2) is 9.18. The van der Waals surface area contributed by atoms with E-state index in [0.717, 1.165) is 18.5 Å². The van der Waals surface area contributed by atoms with Crippen LogP contribution < -0.4 is 5.32 Å². The third-order valence-corrected chi connectivity index (χ3v) is 6.14. The molecule has 0 spiro atoms. The smallest absolute Gasteiger partial charge is 0.320 e. The summed E-state index contributed by atoms with van der Waals surface area (Å²) in [5.41, 5.74) is 1.80. The zero-order chi connectivity index (χ0) is 19.8. The Morgan fingerprint density at radius 2 is 2.14 bits per heavy atom. The monoisotopic (exact) mass is 481 g/mol. The molecule has 1 aromatic rings. The second-order valence-electron chi connectivity index (χ2n) is 7.61. The minimum absolute atomic E-state index is 0. The van der Waals surface area contributed by atoms with Gasteiger partial charge in [0.15, 0.2) is 0 Å². The first-order valence-corrected chi connectivity index (χ1v) is 9.99. The summed E-state index contributed by atoms with van der Waals surface area (Å²) in [6, 6.07) is -1.60. The molecule has 8 nitrogen and oxygen atoms in total. The van der Waals surface area contributed by atoms with Crippen molar-refractivity contribution in [3.05, 3.63) is 23.1 Å². The molecule has 2 aliphatic rings. The van der Waals surface area contributed by atoms with E-state index in [1.165, 1.54) is 16.2 Å². The SMILES string of the molecule is CN1C(=O)N(C)C(C)(C)C1C(=O)NC(Cc1cscn1)C(=O)N1[CH-]CCC1.[Y]. The molecule has 1 aromatic heterocycles. The number of thiazole rings is 1. The van der Waals surface area contributed by atoms with Gasteiger partial charge in [0.05, 0.1) is 16.7 Å². The topological polar surface area (TPSA) is 85.9 Å². The van der Waals surface area contributed by atoms with E-state index in [9.17, 15) is 14.4 Å². The van der Waals surface area contributed by atoms with Crippen LogP contribution in [0.15, 0.2) is 10.9 Å². The normalized spacial score (nSPS) is 22.2. The molecule has 28 heavy (non-hydrogen) atoms. The van der Waals surface area contributed by atoms with E-state index in [2.05, 4.69) is 10.3 Å². The molecule has 10 heteroatoms. The van der Waals surface area contributed by atoms with Gasteiger partial charge in [0.1, 0.15) is 12.1 Å². The number of hydrogen-bond acceptors (Lipinski definition) is 5. The second-order valence-corrected chi connectivity index (χ2v) is 8.33. The molecule has 0 aliphatic carbocycles. The number of nitrogens with one attached hydrogen (secondary N) is 1. The third kappa shape index (κ3) is 4.41. The molecule has 3 rings (SSSR count). The van der Waals surface area contributed by atoms with Crippen LogP contribution in [0.3, 0.4) is 0 Å². The Morgan fingerprint density at radius 1 is 1.43 bits per heavy atom. The minimum atomic E-state index is -0.709. The Labute approximate surface area is 194 Å². The fourth-order valence-corrected chi connectivity index (χ4v) is 4.32. The van der Waals surface area contributed by atoms with Crippen molar-refractivity contribution in [2.75, 3.05) is 20.6 Å². The van der Waals surface area contributed by atoms with Gasteiger partial charge in [-0.15, -0.1) is 11.3 Å². The Kier molecular flexibility index (Phi) is 7.61. The summed E-state index contributed by atoms with van der Waals surface area (Å²) in [6.07, 6.45) is 2.13. The van der Waals surface area contributed by atoms with E-state index in [0.29, 0.717) is 13.0 Å². The standard InChI is InChI=1S/C18H26N5O3S.Y/c1-18(2)14(21(3)17(26)22(18)4)15(24)20-13(9-12-10-27-11-19-12)16(25)23-7-5-6-8-23;/h7,10-11,13-14H,5-6,8-9H2,1-4H3,(H,20,24);/q-1;. The van der Waals surface area contributed by atoms with Crippen LogP contribution in [-0.4, -0.2) is 75.8 Å². The number of amides is 4. The van der Waals surface area contributed by atoms with Crippen molar-refractivity contribution in [3.8, 4) is 0 Å². The Morgan fingerprint density at radius 3 is 2.64 bits per heavy atom. The first kappa shape index (κ1) is 23.2. The molecule has 151 valence electrons. The summed E-state index contributed by atoms with van der Waals surface area (Å²) < 4.78 is 0. The van der Waals surface area contributed by atoms with Crippen molar-refractivity contribution >= 4 is 29.2 Å². The number of aromatic nitrogens is 1. The van der Waals surface area contributed by atoms with E-state index in [1.54, 1.807) is 29.4 Å². The van der Waals surface area contributed by atoms with Gasteiger partial charge in [-0.2, -0.15) is 6.42 Å². The fraction of sp³-hybridized carbons (Fsp3) is 0.611. The molecule has 1 N–H and O–H groups in total. The zero-order valence-electron chi connectivity index (χ0n) is 16.7. The molecule has 2 atom stereocenters. The largest absolute Gasteiger partial charge is 0.491 e. The summed E-state index contributed by atoms with van der Waals surface area (Å²) in [5, 5.41) is 4.77. The molecule has 1 radical (unpaired) electrons. The van der Waals surface area contributed by atoms with Gasteiger partial charge in [-0.05, 0) is 20.4 Å². The number of rotatable bonds is 5. The maximum Gasteiger partial charge on any atom is 0.320 e. The Balaban J connectivity index is 0.00000280. The van der Waals surface area contributed by atoms with E-state index in [4.69, 9.17) is 0 Å². The molecule has 2 aliphatic heterocycles. The van der Waals surface area contributed by atoms with Gasteiger partial charge in [0.25, 0.3) is 0 Å². The number of carbonyl (C=O) groups excluding carboxylic acids is 3. The predicted octanol–water partition coefficient (Wildman–Crippen LogP) is 1.10. The van der Waals surface area contributed by atoms with Crippen molar-refractivity contribution in [2.45, 2.75) is 50.7 Å². The Hall–Kier alpha value is -1.06. The van der Waals surface area contributed by atoms with Gasteiger partial charge in [-0.25, -0.2) is 16.3 Å². The maximum absolute atomic E-state index is 13.1. The van der Waals surface area contributed by atoms with Crippen LogP contribution in [0, 0.1) is 6.54 Å². The molecular formula is C18H26N5O3SY-. The van der Waals surface area contributed by atoms with Gasteiger partial charge in [-0.3, -0.25) is 9.59 Å². The molecular weight excluding hydrogens is 455 g/mol. The molecule has 4 amide bonds. The number of likely N-dealkylation sites (tertiary alicyclic amines) is 1. The summed E-state index contributed by atoms with van der Waals surface area (Å²) in [6.45, 7) is 6.25. The maximum atomic E-state index is 13.1. The molecule has 0 aromatic carbocycles. The van der Waals surface area contributed by atoms with Crippen molar-refractivity contribution in [2.24, 2.45) is 0 Å². The predicted molar refractivity (Wildman–Crippen MR) is 102 cm³/mol. The summed E-state index contributed by atoms with van der Waals surface area (Å²) in [4.78, 5) is 47.3. The van der Waals surface area contributed by atoms with Gasteiger partial charge < -0.3 is 20.0 Å². The number of hydrogen-bond donors (Lipinski definition) is 1. The third-order valence-electron chi connectivity index (χ3n) is 5.50. The van der Waals surface area contributed by atoms with Crippen LogP contribution >= 0.6 is 11.3 Å². The van der Waals surface area contributed by atoms with E-state index < -0.39 is 17.6 Å².